The lowest BCUT2D eigenvalue weighted by Gasteiger charge is -2.28. The number of phenolic OH excluding ortho intramolecular Hbond substituents is 1. The molecule has 0 aliphatic rings. The van der Waals surface area contributed by atoms with Crippen molar-refractivity contribution < 1.29 is 23.4 Å². The second kappa shape index (κ2) is 8.79. The van der Waals surface area contributed by atoms with Crippen molar-refractivity contribution in [3.8, 4) is 11.8 Å². The molecule has 6 nitrogen and oxygen atoms in total. The molecule has 2 rings (SSSR count). The standard InChI is InChI=1S/C25H29NO5S/c1-24(2,3)20-13-16(14-21(22(20)27)25(4,5)6)12-19(10-11-26)32(30,31)18-9-7-8-17(15-18)23(28)29/h7-9,12-15,27H,10H2,1-6H3,(H,28,29). The molecule has 7 heteroatoms. The van der Waals surface area contributed by atoms with Crippen LogP contribution in [0, 0.1) is 11.3 Å². The van der Waals surface area contributed by atoms with Gasteiger partial charge in [-0.25, -0.2) is 13.2 Å². The Morgan fingerprint density at radius 2 is 1.56 bits per heavy atom. The lowest BCUT2D eigenvalue weighted by atomic mass is 9.78. The Balaban J connectivity index is 2.78. The third-order valence-electron chi connectivity index (χ3n) is 5.07. The molecule has 2 aromatic rings. The Morgan fingerprint density at radius 3 is 2.00 bits per heavy atom. The van der Waals surface area contributed by atoms with E-state index in [0.29, 0.717) is 16.7 Å². The van der Waals surface area contributed by atoms with Gasteiger partial charge in [0.15, 0.2) is 0 Å². The van der Waals surface area contributed by atoms with Gasteiger partial charge in [-0.2, -0.15) is 5.26 Å². The second-order valence-corrected chi connectivity index (χ2v) is 11.7. The molecule has 0 aliphatic carbocycles. The van der Waals surface area contributed by atoms with Crippen LogP contribution in [0.1, 0.15) is 75.0 Å². The molecule has 0 aliphatic heterocycles. The van der Waals surface area contributed by atoms with Gasteiger partial charge in [-0.3, -0.25) is 0 Å². The van der Waals surface area contributed by atoms with Crippen LogP contribution in [0.25, 0.3) is 6.08 Å². The van der Waals surface area contributed by atoms with E-state index in [4.69, 9.17) is 0 Å². The Hall–Kier alpha value is -3.11. The van der Waals surface area contributed by atoms with Gasteiger partial charge in [-0.1, -0.05) is 47.6 Å². The highest BCUT2D eigenvalue weighted by atomic mass is 32.2. The highest BCUT2D eigenvalue weighted by Crippen LogP contribution is 2.40. The summed E-state index contributed by atoms with van der Waals surface area (Å²) in [4.78, 5) is 10.9. The fourth-order valence-corrected chi connectivity index (χ4v) is 4.71. The predicted octanol–water partition coefficient (Wildman–Crippen LogP) is 5.41. The number of rotatable bonds is 5. The lowest BCUT2D eigenvalue weighted by Crippen LogP contribution is -2.17. The molecule has 2 aromatic carbocycles. The SMILES string of the molecule is CC(C)(C)c1cc(C=C(CC#N)S(=O)(=O)c2cccc(C(=O)O)c2)cc(C(C)(C)C)c1O. The molecule has 0 saturated heterocycles. The molecular formula is C25H29NO5S. The van der Waals surface area contributed by atoms with Crippen LogP contribution in [-0.2, 0) is 20.7 Å². The molecule has 0 atom stereocenters. The Morgan fingerprint density at radius 1 is 1.03 bits per heavy atom. The number of carboxylic acid groups (broad SMARTS) is 1. The predicted molar refractivity (Wildman–Crippen MR) is 124 cm³/mol. The van der Waals surface area contributed by atoms with Crippen molar-refractivity contribution in [1.29, 1.82) is 5.26 Å². The maximum atomic E-state index is 13.3. The van der Waals surface area contributed by atoms with Gasteiger partial charge < -0.3 is 10.2 Å². The molecular weight excluding hydrogens is 426 g/mol. The minimum absolute atomic E-state index is 0.145. The molecule has 0 amide bonds. The third-order valence-corrected chi connectivity index (χ3v) is 6.89. The number of hydrogen-bond acceptors (Lipinski definition) is 5. The van der Waals surface area contributed by atoms with Crippen molar-refractivity contribution in [2.45, 2.75) is 63.7 Å². The summed E-state index contributed by atoms with van der Waals surface area (Å²) in [5.41, 5.74) is 0.907. The highest BCUT2D eigenvalue weighted by Gasteiger charge is 2.27. The first-order valence-corrected chi connectivity index (χ1v) is 11.6. The monoisotopic (exact) mass is 455 g/mol. The molecule has 2 N–H and O–H groups in total. The average molecular weight is 456 g/mol. The van der Waals surface area contributed by atoms with E-state index in [1.54, 1.807) is 12.1 Å². The smallest absolute Gasteiger partial charge is 0.335 e. The van der Waals surface area contributed by atoms with E-state index in [-0.39, 0.29) is 27.5 Å². The van der Waals surface area contributed by atoms with Crippen molar-refractivity contribution >= 4 is 21.9 Å². The van der Waals surface area contributed by atoms with Crippen molar-refractivity contribution in [3.63, 3.8) is 0 Å². The zero-order valence-electron chi connectivity index (χ0n) is 19.2. The van der Waals surface area contributed by atoms with Crippen LogP contribution in [0.3, 0.4) is 0 Å². The number of allylic oxidation sites excluding steroid dienone is 1. The maximum Gasteiger partial charge on any atom is 0.335 e. The number of carbonyl (C=O) groups is 1. The number of nitriles is 1. The minimum Gasteiger partial charge on any atom is -0.507 e. The molecule has 0 fully saturated rings. The third kappa shape index (κ3) is 5.38. The van der Waals surface area contributed by atoms with Gasteiger partial charge >= 0.3 is 5.97 Å². The van der Waals surface area contributed by atoms with Gasteiger partial charge in [-0.05, 0) is 52.8 Å². The quantitative estimate of drug-likeness (QED) is 0.622. The summed E-state index contributed by atoms with van der Waals surface area (Å²) >= 11 is 0. The summed E-state index contributed by atoms with van der Waals surface area (Å²) < 4.78 is 26.5. The van der Waals surface area contributed by atoms with Gasteiger partial charge in [0, 0.05) is 11.1 Å². The number of aromatic hydroxyl groups is 1. The number of aromatic carboxylic acids is 1. The van der Waals surface area contributed by atoms with Gasteiger partial charge in [0.2, 0.25) is 9.84 Å². The molecule has 0 bridgehead atoms. The summed E-state index contributed by atoms with van der Waals surface area (Å²) in [6.07, 6.45) is 1.05. The van der Waals surface area contributed by atoms with Crippen LogP contribution in [0.4, 0.5) is 0 Å². The summed E-state index contributed by atoms with van der Waals surface area (Å²) in [6, 6.07) is 10.4. The molecule has 0 aromatic heterocycles. The van der Waals surface area contributed by atoms with Crippen molar-refractivity contribution in [1.82, 2.24) is 0 Å². The van der Waals surface area contributed by atoms with E-state index in [0.717, 1.165) is 6.07 Å². The van der Waals surface area contributed by atoms with Gasteiger partial charge in [0.25, 0.3) is 0 Å². The summed E-state index contributed by atoms with van der Waals surface area (Å²) in [5, 5.41) is 29.4. The zero-order chi connectivity index (χ0) is 24.5. The maximum absolute atomic E-state index is 13.3. The molecule has 0 unspecified atom stereocenters. The molecule has 0 radical (unpaired) electrons. The zero-order valence-corrected chi connectivity index (χ0v) is 20.0. The number of phenols is 1. The number of hydrogen-bond donors (Lipinski definition) is 2. The number of sulfone groups is 1. The van der Waals surface area contributed by atoms with Crippen LogP contribution in [0.5, 0.6) is 5.75 Å². The van der Waals surface area contributed by atoms with E-state index < -0.39 is 26.6 Å². The van der Waals surface area contributed by atoms with Gasteiger partial charge in [-0.15, -0.1) is 0 Å². The van der Waals surface area contributed by atoms with E-state index in [1.807, 2.05) is 47.6 Å². The summed E-state index contributed by atoms with van der Waals surface area (Å²) in [6.45, 7) is 11.7. The fourth-order valence-electron chi connectivity index (χ4n) is 3.32. The minimum atomic E-state index is -4.11. The van der Waals surface area contributed by atoms with Crippen LogP contribution < -0.4 is 0 Å². The first-order chi connectivity index (χ1) is 14.6. The molecule has 0 saturated carbocycles. The lowest BCUT2D eigenvalue weighted by molar-refractivity contribution is 0.0696. The first-order valence-electron chi connectivity index (χ1n) is 10.1. The van der Waals surface area contributed by atoms with Crippen molar-refractivity contribution in [2.75, 3.05) is 0 Å². The Bertz CT molecular complexity index is 1190. The van der Waals surface area contributed by atoms with E-state index in [1.165, 1.54) is 24.3 Å². The fraction of sp³-hybridized carbons (Fsp3) is 0.360. The number of carboxylic acids is 1. The van der Waals surface area contributed by atoms with Crippen LogP contribution in [0.2, 0.25) is 0 Å². The van der Waals surface area contributed by atoms with Crippen LogP contribution >= 0.6 is 0 Å². The molecule has 170 valence electrons. The van der Waals surface area contributed by atoms with Gasteiger partial charge in [0.05, 0.1) is 27.9 Å². The first kappa shape index (κ1) is 25.2. The normalized spacial score (nSPS) is 13.0. The summed E-state index contributed by atoms with van der Waals surface area (Å²) in [5.74, 6) is -1.07. The van der Waals surface area contributed by atoms with Crippen molar-refractivity contribution in [3.05, 3.63) is 63.6 Å². The summed E-state index contributed by atoms with van der Waals surface area (Å²) in [7, 11) is -4.11. The van der Waals surface area contributed by atoms with Crippen LogP contribution in [-0.4, -0.2) is 24.6 Å². The number of nitrogens with zero attached hydrogens (tertiary/aromatic N) is 1. The molecule has 0 heterocycles. The topological polar surface area (TPSA) is 115 Å². The van der Waals surface area contributed by atoms with Crippen LogP contribution in [0.15, 0.2) is 46.2 Å². The second-order valence-electron chi connectivity index (χ2n) is 9.75. The van der Waals surface area contributed by atoms with E-state index in [9.17, 15) is 28.7 Å². The van der Waals surface area contributed by atoms with Crippen molar-refractivity contribution in [2.24, 2.45) is 0 Å². The Kier molecular flexibility index (Phi) is 6.91. The molecule has 32 heavy (non-hydrogen) atoms. The van der Waals surface area contributed by atoms with E-state index >= 15 is 0 Å². The van der Waals surface area contributed by atoms with Gasteiger partial charge in [0.1, 0.15) is 5.75 Å². The van der Waals surface area contributed by atoms with E-state index in [2.05, 4.69) is 0 Å². The average Bonchev–Trinajstić information content (AvgIpc) is 2.67. The Labute approximate surface area is 189 Å². The highest BCUT2D eigenvalue weighted by molar-refractivity contribution is 7.95. The number of benzene rings is 2. The largest absolute Gasteiger partial charge is 0.507 e. The molecule has 0 spiro atoms.